The summed E-state index contributed by atoms with van der Waals surface area (Å²) in [6, 6.07) is 11.0. The van der Waals surface area contributed by atoms with Gasteiger partial charge in [0.25, 0.3) is 0 Å². The third-order valence-corrected chi connectivity index (χ3v) is 8.53. The van der Waals surface area contributed by atoms with Crippen LogP contribution in [0.1, 0.15) is 71.0 Å². The van der Waals surface area contributed by atoms with Gasteiger partial charge in [-0.1, -0.05) is 68.8 Å². The topological polar surface area (TPSA) is 87.5 Å². The van der Waals surface area contributed by atoms with Gasteiger partial charge >= 0.3 is 5.97 Å². The highest BCUT2D eigenvalue weighted by molar-refractivity contribution is 9.10. The van der Waals surface area contributed by atoms with E-state index in [1.807, 2.05) is 50.2 Å². The monoisotopic (exact) mass is 676 g/mol. The number of allylic oxidation sites excluding steroid dienone is 1. The molecule has 2 heterocycles. The van der Waals surface area contributed by atoms with Crippen LogP contribution in [0.5, 0.6) is 11.5 Å². The van der Waals surface area contributed by atoms with Crippen LogP contribution in [-0.4, -0.2) is 40.6 Å². The number of nitrogens with zero attached hydrogens (tertiary/aromatic N) is 3. The highest BCUT2D eigenvalue weighted by atomic mass is 79.9. The van der Waals surface area contributed by atoms with E-state index < -0.39 is 12.0 Å². The summed E-state index contributed by atoms with van der Waals surface area (Å²) in [7, 11) is 0. The second-order valence-electron chi connectivity index (χ2n) is 10.4. The molecule has 8 nitrogen and oxygen atoms in total. The van der Waals surface area contributed by atoms with Crippen molar-refractivity contribution in [3.8, 4) is 11.5 Å². The zero-order chi connectivity index (χ0) is 30.2. The Hall–Kier alpha value is -2.69. The van der Waals surface area contributed by atoms with E-state index in [-0.39, 0.29) is 0 Å². The Morgan fingerprint density at radius 3 is 2.69 bits per heavy atom. The number of halogens is 2. The number of carbonyl (C=O) groups excluding carboxylic acids is 1. The number of hydrogen-bond donors (Lipinski definition) is 1. The quantitative estimate of drug-likeness (QED) is 0.103. The number of benzene rings is 2. The lowest BCUT2D eigenvalue weighted by molar-refractivity contribution is -0.139. The van der Waals surface area contributed by atoms with Crippen molar-refractivity contribution in [3.63, 3.8) is 0 Å². The highest BCUT2D eigenvalue weighted by Gasteiger charge is 2.36. The lowest BCUT2D eigenvalue weighted by Crippen LogP contribution is -2.30. The molecule has 4 rings (SSSR count). The molecular weight excluding hydrogens is 640 g/mol. The van der Waals surface area contributed by atoms with Gasteiger partial charge in [0.05, 0.1) is 29.9 Å². The van der Waals surface area contributed by atoms with Crippen molar-refractivity contribution in [2.45, 2.75) is 70.8 Å². The second kappa shape index (κ2) is 15.2. The smallest absolute Gasteiger partial charge is 0.338 e. The maximum Gasteiger partial charge on any atom is 0.338 e. The molecule has 1 N–H and O–H groups in total. The first-order chi connectivity index (χ1) is 20.2. The Labute approximate surface area is 265 Å². The van der Waals surface area contributed by atoms with E-state index >= 15 is 0 Å². The fourth-order valence-corrected chi connectivity index (χ4v) is 6.14. The van der Waals surface area contributed by atoms with E-state index in [0.29, 0.717) is 70.4 Å². The molecule has 0 amide bonds. The minimum Gasteiger partial charge on any atom is -0.490 e. The first-order valence-electron chi connectivity index (χ1n) is 14.3. The Morgan fingerprint density at radius 1 is 1.19 bits per heavy atom. The van der Waals surface area contributed by atoms with Gasteiger partial charge in [0, 0.05) is 16.5 Å². The molecule has 0 radical (unpaired) electrons. The lowest BCUT2D eigenvalue weighted by Gasteiger charge is -2.29. The fourth-order valence-electron chi connectivity index (χ4n) is 4.46. The molecule has 1 aliphatic heterocycles. The standard InChI is InChI=1S/C31H38BrClN4O4S/c1-6-8-14-41-29(38)26-20(5)34-30-35-31(42-18-21-11-9-10-12-24(21)33)36-37(30)27(26)22-16-23(32)28(25(17-22)39-7-2)40-15-13-19(3)4/h9-12,16-17,19,27H,6-8,13-15,18H2,1-5H3,(H,34,35,36). The fraction of sp³-hybridized carbons (Fsp3) is 0.452. The Balaban J connectivity index is 1.74. The SMILES string of the molecule is CCCCOC(=O)C1=C(C)Nc2nc(SCc3ccccc3Cl)nn2C1c1cc(Br)c(OCCC(C)C)c(OCC)c1. The van der Waals surface area contributed by atoms with Crippen molar-refractivity contribution in [1.82, 2.24) is 14.8 Å². The van der Waals surface area contributed by atoms with E-state index in [0.717, 1.165) is 34.9 Å². The summed E-state index contributed by atoms with van der Waals surface area (Å²) in [4.78, 5) is 18.3. The minimum atomic E-state index is -0.599. The average molecular weight is 678 g/mol. The second-order valence-corrected chi connectivity index (χ2v) is 12.6. The van der Waals surface area contributed by atoms with E-state index in [4.69, 9.17) is 35.9 Å². The Morgan fingerprint density at radius 2 is 1.98 bits per heavy atom. The number of esters is 1. The summed E-state index contributed by atoms with van der Waals surface area (Å²) >= 11 is 11.6. The average Bonchev–Trinajstić information content (AvgIpc) is 3.35. The van der Waals surface area contributed by atoms with Crippen molar-refractivity contribution >= 4 is 51.2 Å². The molecule has 0 fully saturated rings. The van der Waals surface area contributed by atoms with Gasteiger partial charge < -0.3 is 19.5 Å². The van der Waals surface area contributed by atoms with Crippen LogP contribution in [0.25, 0.3) is 0 Å². The van der Waals surface area contributed by atoms with E-state index in [1.54, 1.807) is 4.68 Å². The normalized spacial score (nSPS) is 14.5. The summed E-state index contributed by atoms with van der Waals surface area (Å²) in [5.41, 5.74) is 2.91. The van der Waals surface area contributed by atoms with Gasteiger partial charge in [-0.25, -0.2) is 9.48 Å². The summed E-state index contributed by atoms with van der Waals surface area (Å²) in [5.74, 6) is 2.49. The predicted molar refractivity (Wildman–Crippen MR) is 172 cm³/mol. The van der Waals surface area contributed by atoms with Crippen LogP contribution in [0.15, 0.2) is 57.3 Å². The van der Waals surface area contributed by atoms with Crippen LogP contribution < -0.4 is 14.8 Å². The van der Waals surface area contributed by atoms with Crippen LogP contribution in [0.3, 0.4) is 0 Å². The summed E-state index contributed by atoms with van der Waals surface area (Å²) in [6.45, 7) is 11.5. The summed E-state index contributed by atoms with van der Waals surface area (Å²) in [5, 5.41) is 9.38. The number of aromatic nitrogens is 3. The number of rotatable bonds is 14. The molecule has 0 spiro atoms. The lowest BCUT2D eigenvalue weighted by atomic mass is 9.95. The number of ether oxygens (including phenoxy) is 3. The van der Waals surface area contributed by atoms with Crippen molar-refractivity contribution < 1.29 is 19.0 Å². The molecule has 1 aromatic heterocycles. The Bertz CT molecular complexity index is 1430. The molecular formula is C31H38BrClN4O4S. The molecule has 0 saturated heterocycles. The predicted octanol–water partition coefficient (Wildman–Crippen LogP) is 8.44. The van der Waals surface area contributed by atoms with Gasteiger partial charge in [0.2, 0.25) is 11.1 Å². The third kappa shape index (κ3) is 7.82. The molecule has 0 saturated carbocycles. The number of carbonyl (C=O) groups is 1. The number of hydrogen-bond acceptors (Lipinski definition) is 8. The van der Waals surface area contributed by atoms with Crippen molar-refractivity contribution in [2.24, 2.45) is 5.92 Å². The van der Waals surface area contributed by atoms with Crippen LogP contribution in [0.2, 0.25) is 5.02 Å². The van der Waals surface area contributed by atoms with E-state index in [1.165, 1.54) is 11.8 Å². The van der Waals surface area contributed by atoms with Crippen molar-refractivity contribution in [3.05, 3.63) is 68.3 Å². The number of fused-ring (bicyclic) bond motifs is 1. The molecule has 1 aliphatic rings. The first kappa shape index (κ1) is 32.2. The summed E-state index contributed by atoms with van der Waals surface area (Å²) in [6.07, 6.45) is 2.63. The Kier molecular flexibility index (Phi) is 11.6. The van der Waals surface area contributed by atoms with Gasteiger partial charge in [0.15, 0.2) is 11.5 Å². The van der Waals surface area contributed by atoms with Gasteiger partial charge in [-0.15, -0.1) is 5.10 Å². The highest BCUT2D eigenvalue weighted by Crippen LogP contribution is 2.43. The molecule has 0 aliphatic carbocycles. The van der Waals surface area contributed by atoms with Crippen LogP contribution in [0, 0.1) is 5.92 Å². The van der Waals surface area contributed by atoms with Gasteiger partial charge in [-0.3, -0.25) is 0 Å². The van der Waals surface area contributed by atoms with Crippen LogP contribution in [-0.2, 0) is 15.3 Å². The molecule has 0 bridgehead atoms. The third-order valence-electron chi connectivity index (χ3n) is 6.69. The number of anilines is 1. The van der Waals surface area contributed by atoms with Crippen molar-refractivity contribution in [1.29, 1.82) is 0 Å². The van der Waals surface area contributed by atoms with Gasteiger partial charge in [-0.2, -0.15) is 4.98 Å². The number of unbranched alkanes of at least 4 members (excludes halogenated alkanes) is 1. The zero-order valence-corrected chi connectivity index (χ0v) is 27.9. The van der Waals surface area contributed by atoms with Crippen LogP contribution >= 0.6 is 39.3 Å². The van der Waals surface area contributed by atoms with E-state index in [2.05, 4.69) is 42.0 Å². The number of thioether (sulfide) groups is 1. The molecule has 1 atom stereocenters. The minimum absolute atomic E-state index is 0.346. The van der Waals surface area contributed by atoms with Gasteiger partial charge in [0.1, 0.15) is 6.04 Å². The molecule has 226 valence electrons. The van der Waals surface area contributed by atoms with Gasteiger partial charge in [-0.05, 0) is 77.9 Å². The van der Waals surface area contributed by atoms with Crippen LogP contribution in [0.4, 0.5) is 5.95 Å². The maximum absolute atomic E-state index is 13.5. The molecule has 42 heavy (non-hydrogen) atoms. The summed E-state index contributed by atoms with van der Waals surface area (Å²) < 4.78 is 20.4. The molecule has 11 heteroatoms. The largest absolute Gasteiger partial charge is 0.490 e. The maximum atomic E-state index is 13.5. The molecule has 1 unspecified atom stereocenters. The molecule has 2 aromatic carbocycles. The van der Waals surface area contributed by atoms with Crippen molar-refractivity contribution in [2.75, 3.05) is 25.1 Å². The first-order valence-corrected chi connectivity index (χ1v) is 16.5. The number of nitrogens with one attached hydrogen (secondary N) is 1. The molecule has 3 aromatic rings. The van der Waals surface area contributed by atoms with E-state index in [9.17, 15) is 4.79 Å². The zero-order valence-electron chi connectivity index (χ0n) is 24.7.